The van der Waals surface area contributed by atoms with Gasteiger partial charge in [0.15, 0.2) is 17.1 Å². The predicted molar refractivity (Wildman–Crippen MR) is 127 cm³/mol. The molecule has 0 bridgehead atoms. The summed E-state index contributed by atoms with van der Waals surface area (Å²) in [4.78, 5) is 28.7. The van der Waals surface area contributed by atoms with Crippen molar-refractivity contribution in [2.75, 3.05) is 0 Å². The molecular weight excluding hydrogens is 434 g/mol. The molecule has 0 fully saturated rings. The molecule has 0 saturated heterocycles. The number of carbonyl (C=O) groups is 2. The second-order valence-electron chi connectivity index (χ2n) is 9.00. The van der Waals surface area contributed by atoms with Crippen LogP contribution in [0, 0.1) is 0 Å². The first-order chi connectivity index (χ1) is 16.1. The first-order valence-corrected chi connectivity index (χ1v) is 11.2. The number of carbonyl (C=O) groups excluding carboxylic acids is 1. The zero-order valence-corrected chi connectivity index (χ0v) is 19.6. The number of rotatable bonds is 9. The fraction of sp³-hybridized carbons (Fsp3) is 0.296. The lowest BCUT2D eigenvalue weighted by Crippen LogP contribution is -2.37. The highest BCUT2D eigenvalue weighted by Gasteiger charge is 2.29. The van der Waals surface area contributed by atoms with Crippen molar-refractivity contribution in [3.63, 3.8) is 0 Å². The fourth-order valence-corrected chi connectivity index (χ4v) is 3.61. The molecule has 2 heterocycles. The van der Waals surface area contributed by atoms with Gasteiger partial charge in [-0.25, -0.2) is 9.78 Å². The van der Waals surface area contributed by atoms with E-state index >= 15 is 0 Å². The zero-order chi connectivity index (χ0) is 24.5. The maximum absolute atomic E-state index is 12.8. The minimum absolute atomic E-state index is 0.0490. The fourth-order valence-electron chi connectivity index (χ4n) is 3.61. The Labute approximate surface area is 197 Å². The Balaban J connectivity index is 1.47. The lowest BCUT2D eigenvalue weighted by molar-refractivity contribution is -0.152. The van der Waals surface area contributed by atoms with E-state index in [1.165, 1.54) is 13.8 Å². The number of furan rings is 1. The molecule has 7 nitrogen and oxygen atoms in total. The van der Waals surface area contributed by atoms with Crippen molar-refractivity contribution < 1.29 is 28.3 Å². The summed E-state index contributed by atoms with van der Waals surface area (Å²) in [5.74, 6) is 1.08. The Morgan fingerprint density at radius 2 is 1.76 bits per heavy atom. The summed E-state index contributed by atoms with van der Waals surface area (Å²) >= 11 is 0. The molecule has 2 aromatic heterocycles. The van der Waals surface area contributed by atoms with Gasteiger partial charge in [0.25, 0.3) is 5.89 Å². The zero-order valence-electron chi connectivity index (χ0n) is 19.6. The maximum Gasteiger partial charge on any atom is 0.347 e. The number of Topliss-reactive ketones (excluding diaryl/α,β-unsaturated/α-hetero) is 1. The number of aromatic nitrogens is 1. The number of oxazole rings is 1. The number of fused-ring (bicyclic) bond motifs is 1. The number of carboxylic acids is 1. The van der Waals surface area contributed by atoms with Crippen molar-refractivity contribution in [3.8, 4) is 17.4 Å². The molecule has 0 unspecified atom stereocenters. The Kier molecular flexibility index (Phi) is 6.28. The maximum atomic E-state index is 12.8. The van der Waals surface area contributed by atoms with Gasteiger partial charge in [-0.2, -0.15) is 0 Å². The highest BCUT2D eigenvalue weighted by atomic mass is 16.5. The number of nitrogens with zero attached hydrogens (tertiary/aromatic N) is 1. The second-order valence-corrected chi connectivity index (χ2v) is 9.00. The number of hydrogen-bond donors (Lipinski definition) is 1. The van der Waals surface area contributed by atoms with Crippen molar-refractivity contribution in [2.24, 2.45) is 0 Å². The molecule has 34 heavy (non-hydrogen) atoms. The first kappa shape index (κ1) is 23.3. The van der Waals surface area contributed by atoms with Crippen LogP contribution < -0.4 is 4.74 Å². The molecule has 0 aliphatic heterocycles. The van der Waals surface area contributed by atoms with E-state index in [9.17, 15) is 14.7 Å². The predicted octanol–water partition coefficient (Wildman–Crippen LogP) is 6.27. The van der Waals surface area contributed by atoms with Gasteiger partial charge in [-0.15, -0.1) is 0 Å². The molecule has 0 saturated carbocycles. The molecule has 0 atom stereocenters. The minimum atomic E-state index is -1.36. The Morgan fingerprint density at radius 1 is 1.06 bits per heavy atom. The number of benzene rings is 2. The molecule has 176 valence electrons. The van der Waals surface area contributed by atoms with Crippen LogP contribution in [0.3, 0.4) is 0 Å². The standard InChI is InChI=1S/C27H27NO6/c1-16(2)24-20(28-25(33-24)23-15-18-7-5-6-8-22(18)32-23)13-14-21(29)17-9-11-19(12-10-17)34-27(3,4)26(30)31/h5-12,15-16H,13-14H2,1-4H3,(H,30,31). The highest BCUT2D eigenvalue weighted by Crippen LogP contribution is 2.32. The van der Waals surface area contributed by atoms with Gasteiger partial charge in [-0.1, -0.05) is 32.0 Å². The average Bonchev–Trinajstić information content (AvgIpc) is 3.42. The van der Waals surface area contributed by atoms with Gasteiger partial charge in [-0.3, -0.25) is 4.79 Å². The van der Waals surface area contributed by atoms with Gasteiger partial charge in [0, 0.05) is 29.7 Å². The number of carboxylic acid groups (broad SMARTS) is 1. The third-order valence-corrected chi connectivity index (χ3v) is 5.54. The summed E-state index contributed by atoms with van der Waals surface area (Å²) < 4.78 is 17.4. The van der Waals surface area contributed by atoms with Gasteiger partial charge in [0.2, 0.25) is 0 Å². The van der Waals surface area contributed by atoms with Crippen LogP contribution >= 0.6 is 0 Å². The molecule has 4 rings (SSSR count). The quantitative estimate of drug-likeness (QED) is 0.293. The van der Waals surface area contributed by atoms with Crippen molar-refractivity contribution in [1.29, 1.82) is 0 Å². The largest absolute Gasteiger partial charge is 0.478 e. The summed E-state index contributed by atoms with van der Waals surface area (Å²) in [5, 5.41) is 10.2. The minimum Gasteiger partial charge on any atom is -0.478 e. The third kappa shape index (κ3) is 4.88. The number of aryl methyl sites for hydroxylation is 1. The van der Waals surface area contributed by atoms with E-state index in [0.717, 1.165) is 22.4 Å². The van der Waals surface area contributed by atoms with Gasteiger partial charge in [-0.05, 0) is 50.2 Å². The summed E-state index contributed by atoms with van der Waals surface area (Å²) in [6.45, 7) is 6.98. The van der Waals surface area contributed by atoms with E-state index < -0.39 is 11.6 Å². The molecule has 0 radical (unpaired) electrons. The lowest BCUT2D eigenvalue weighted by atomic mass is 10.0. The Bertz CT molecular complexity index is 1290. The molecule has 2 aromatic carbocycles. The summed E-state index contributed by atoms with van der Waals surface area (Å²) in [7, 11) is 0. The van der Waals surface area contributed by atoms with E-state index in [0.29, 0.717) is 29.4 Å². The summed E-state index contributed by atoms with van der Waals surface area (Å²) in [6.07, 6.45) is 0.688. The van der Waals surface area contributed by atoms with Crippen LogP contribution in [0.1, 0.15) is 61.8 Å². The number of hydrogen-bond acceptors (Lipinski definition) is 6. The summed E-state index contributed by atoms with van der Waals surface area (Å²) in [6, 6.07) is 16.1. The van der Waals surface area contributed by atoms with Crippen LogP contribution in [-0.2, 0) is 11.2 Å². The molecule has 0 spiro atoms. The molecule has 0 aliphatic rings. The first-order valence-electron chi connectivity index (χ1n) is 11.2. The third-order valence-electron chi connectivity index (χ3n) is 5.54. The Hall–Kier alpha value is -3.87. The molecule has 0 amide bonds. The average molecular weight is 462 g/mol. The number of para-hydroxylation sites is 1. The number of ether oxygens (including phenoxy) is 1. The van der Waals surface area contributed by atoms with Crippen molar-refractivity contribution in [2.45, 2.75) is 52.1 Å². The molecule has 7 heteroatoms. The monoisotopic (exact) mass is 461 g/mol. The molecule has 0 aliphatic carbocycles. The summed E-state index contributed by atoms with van der Waals surface area (Å²) in [5.41, 5.74) is 0.663. The van der Waals surface area contributed by atoms with Crippen LogP contribution in [0.15, 0.2) is 63.4 Å². The highest BCUT2D eigenvalue weighted by molar-refractivity contribution is 5.96. The smallest absolute Gasteiger partial charge is 0.347 e. The number of aliphatic carboxylic acids is 1. The van der Waals surface area contributed by atoms with E-state index in [4.69, 9.17) is 13.6 Å². The number of ketones is 1. The van der Waals surface area contributed by atoms with Gasteiger partial charge >= 0.3 is 5.97 Å². The Morgan fingerprint density at radius 3 is 2.41 bits per heavy atom. The topological polar surface area (TPSA) is 103 Å². The van der Waals surface area contributed by atoms with Crippen LogP contribution in [-0.4, -0.2) is 27.4 Å². The van der Waals surface area contributed by atoms with Crippen LogP contribution in [0.2, 0.25) is 0 Å². The van der Waals surface area contributed by atoms with E-state index in [2.05, 4.69) is 4.98 Å². The van der Waals surface area contributed by atoms with Gasteiger partial charge in [0.1, 0.15) is 17.1 Å². The van der Waals surface area contributed by atoms with Crippen LogP contribution in [0.4, 0.5) is 0 Å². The van der Waals surface area contributed by atoms with Crippen molar-refractivity contribution in [1.82, 2.24) is 4.98 Å². The molecule has 4 aromatic rings. The van der Waals surface area contributed by atoms with E-state index in [1.807, 2.05) is 44.2 Å². The van der Waals surface area contributed by atoms with E-state index in [-0.39, 0.29) is 18.1 Å². The van der Waals surface area contributed by atoms with Crippen LogP contribution in [0.5, 0.6) is 5.75 Å². The van der Waals surface area contributed by atoms with Gasteiger partial charge < -0.3 is 18.7 Å². The SMILES string of the molecule is CC(C)c1oc(-c2cc3ccccc3o2)nc1CCC(=O)c1ccc(OC(C)(C)C(=O)O)cc1. The lowest BCUT2D eigenvalue weighted by Gasteiger charge is -2.21. The molecule has 1 N–H and O–H groups in total. The van der Waals surface area contributed by atoms with Gasteiger partial charge in [0.05, 0.1) is 5.69 Å². The van der Waals surface area contributed by atoms with Crippen molar-refractivity contribution >= 4 is 22.7 Å². The van der Waals surface area contributed by atoms with Crippen molar-refractivity contribution in [3.05, 3.63) is 71.6 Å². The second kappa shape index (κ2) is 9.17. The van der Waals surface area contributed by atoms with E-state index in [1.54, 1.807) is 24.3 Å². The van der Waals surface area contributed by atoms with Crippen LogP contribution in [0.25, 0.3) is 22.6 Å². The molecular formula is C27H27NO6. The normalized spacial score (nSPS) is 11.8.